The molecule has 1 radical (unpaired) electrons. The van der Waals surface area contributed by atoms with Gasteiger partial charge >= 0.3 is 0 Å². The molecule has 0 bridgehead atoms. The van der Waals surface area contributed by atoms with E-state index in [-0.39, 0.29) is 38.6 Å². The van der Waals surface area contributed by atoms with E-state index in [0.29, 0.717) is 6.54 Å². The zero-order valence-electron chi connectivity index (χ0n) is 15.3. The molecule has 1 aromatic heterocycles. The Hall–Kier alpha value is -1.84. The molecule has 26 heavy (non-hydrogen) atoms. The number of anilines is 1. The van der Waals surface area contributed by atoms with Gasteiger partial charge in [-0.25, -0.2) is 0 Å². The Morgan fingerprint density at radius 3 is 2.23 bits per heavy atom. The average Bonchev–Trinajstić information content (AvgIpc) is 2.59. The van der Waals surface area contributed by atoms with Crippen LogP contribution in [-0.4, -0.2) is 5.91 Å². The van der Waals surface area contributed by atoms with Crippen LogP contribution in [0, 0.1) is 13.8 Å². The minimum absolute atomic E-state index is 0. The molecule has 0 unspecified atom stereocenters. The molecular weight excluding hydrogens is 397 g/mol. The number of benzene rings is 2. The van der Waals surface area contributed by atoms with E-state index < -0.39 is 0 Å². The molecule has 0 fully saturated rings. The molecule has 3 aromatic rings. The molecule has 4 heteroatoms. The Labute approximate surface area is 180 Å². The van der Waals surface area contributed by atoms with Gasteiger partial charge in [-0.2, -0.15) is 4.57 Å². The fraction of sp³-hybridized carbons (Fsp3) is 0.182. The molecule has 0 saturated heterocycles. The summed E-state index contributed by atoms with van der Waals surface area (Å²) < 4.78 is 1.93. The summed E-state index contributed by atoms with van der Waals surface area (Å²) in [6, 6.07) is 20.4. The smallest absolute Gasteiger partial charge is 0.290 e. The average molecular weight is 420 g/mol. The van der Waals surface area contributed by atoms with Gasteiger partial charge in [0.1, 0.15) is 0 Å². The van der Waals surface area contributed by atoms with E-state index in [0.717, 1.165) is 23.2 Å². The third kappa shape index (κ3) is 5.58. The van der Waals surface area contributed by atoms with Crippen molar-refractivity contribution in [3.8, 4) is 0 Å². The third-order valence-corrected chi connectivity index (χ3v) is 4.24. The van der Waals surface area contributed by atoms with E-state index in [1.165, 1.54) is 11.1 Å². The number of pyridine rings is 1. The van der Waals surface area contributed by atoms with Crippen molar-refractivity contribution in [3.05, 3.63) is 95.3 Å². The monoisotopic (exact) mass is 420 g/mol. The van der Waals surface area contributed by atoms with Crippen LogP contribution in [0.5, 0.6) is 0 Å². The molecule has 0 aliphatic heterocycles. The fourth-order valence-corrected chi connectivity index (χ4v) is 2.97. The Bertz CT molecular complexity index is 858. The van der Waals surface area contributed by atoms with Crippen molar-refractivity contribution >= 4 is 11.6 Å². The molecule has 2 aromatic carbocycles. The van der Waals surface area contributed by atoms with Crippen molar-refractivity contribution in [2.24, 2.45) is 0 Å². The van der Waals surface area contributed by atoms with Crippen LogP contribution in [-0.2, 0) is 50.5 Å². The topological polar surface area (TPSA) is 33.0 Å². The maximum atomic E-state index is 12.4. The third-order valence-electron chi connectivity index (χ3n) is 4.24. The summed E-state index contributed by atoms with van der Waals surface area (Å²) in [6.45, 7) is 4.32. The first-order valence-corrected chi connectivity index (χ1v) is 8.50. The summed E-state index contributed by atoms with van der Waals surface area (Å²) >= 11 is 0. The molecule has 3 nitrogen and oxygen atoms in total. The maximum Gasteiger partial charge on any atom is 0.290 e. The van der Waals surface area contributed by atoms with E-state index in [2.05, 4.69) is 23.5 Å². The summed E-state index contributed by atoms with van der Waals surface area (Å²) in [6.07, 6.45) is 4.83. The van der Waals surface area contributed by atoms with E-state index in [1.54, 1.807) is 0 Å². The fourth-order valence-electron chi connectivity index (χ4n) is 2.97. The molecule has 0 saturated carbocycles. The number of para-hydroxylation sites is 1. The molecule has 3 rings (SSSR count). The van der Waals surface area contributed by atoms with Gasteiger partial charge in [-0.3, -0.25) is 4.79 Å². The van der Waals surface area contributed by atoms with E-state index in [4.69, 9.17) is 0 Å². The Kier molecular flexibility index (Phi) is 7.68. The van der Waals surface area contributed by atoms with E-state index in [1.807, 2.05) is 73.3 Å². The minimum Gasteiger partial charge on any atom is -0.320 e. The molecule has 0 aliphatic carbocycles. The maximum absolute atomic E-state index is 12.4. The second-order valence-corrected chi connectivity index (χ2v) is 6.36. The van der Waals surface area contributed by atoms with E-state index in [9.17, 15) is 4.79 Å². The molecule has 1 N–H and O–H groups in total. The van der Waals surface area contributed by atoms with Gasteiger partial charge in [0.2, 0.25) is 6.54 Å². The summed E-state index contributed by atoms with van der Waals surface area (Å²) in [7, 11) is 0. The van der Waals surface area contributed by atoms with Gasteiger partial charge in [-0.15, -0.1) is 0 Å². The van der Waals surface area contributed by atoms with Gasteiger partial charge in [0.05, 0.1) is 0 Å². The normalized spacial score (nSPS) is 10.1. The van der Waals surface area contributed by atoms with Crippen LogP contribution in [0.3, 0.4) is 0 Å². The second-order valence-electron chi connectivity index (χ2n) is 6.36. The van der Waals surface area contributed by atoms with Crippen LogP contribution in [0.4, 0.5) is 5.69 Å². The standard InChI is InChI=1S/C22H22N2O.Y/c1-17-8-6-9-18(2)22(17)23-21(25)16-24-13-7-12-20(15-24)14-19-10-4-3-5-11-19;/h3-13,15H,14,16H2,1-2H3;/p+1. The Morgan fingerprint density at radius 1 is 0.885 bits per heavy atom. The van der Waals surface area contributed by atoms with Crippen molar-refractivity contribution in [1.82, 2.24) is 0 Å². The van der Waals surface area contributed by atoms with Crippen LogP contribution in [0.15, 0.2) is 73.1 Å². The first kappa shape index (κ1) is 20.5. The van der Waals surface area contributed by atoms with Gasteiger partial charge in [-0.05, 0) is 36.6 Å². The number of aromatic nitrogens is 1. The molecule has 1 heterocycles. The minimum atomic E-state index is -0.0146. The van der Waals surface area contributed by atoms with Crippen molar-refractivity contribution in [1.29, 1.82) is 0 Å². The van der Waals surface area contributed by atoms with Gasteiger partial charge in [-0.1, -0.05) is 48.5 Å². The SMILES string of the molecule is Cc1cccc(C)c1NC(=O)C[n+]1cccc(Cc2ccccc2)c1.[Y]. The van der Waals surface area contributed by atoms with Gasteiger partial charge < -0.3 is 5.32 Å². The van der Waals surface area contributed by atoms with Crippen molar-refractivity contribution in [2.45, 2.75) is 26.8 Å². The number of aryl methyl sites for hydroxylation is 2. The first-order chi connectivity index (χ1) is 12.1. The second kappa shape index (κ2) is 9.75. The number of hydrogen-bond donors (Lipinski definition) is 1. The van der Waals surface area contributed by atoms with Crippen molar-refractivity contribution in [3.63, 3.8) is 0 Å². The van der Waals surface area contributed by atoms with Crippen LogP contribution >= 0.6 is 0 Å². The summed E-state index contributed by atoms with van der Waals surface area (Å²) in [5.41, 5.74) is 5.52. The summed E-state index contributed by atoms with van der Waals surface area (Å²) in [5.74, 6) is -0.0146. The Balaban J connectivity index is 0.00000243. The molecular formula is C22H23N2OY+. The number of carbonyl (C=O) groups is 1. The molecule has 0 spiro atoms. The number of nitrogens with zero attached hydrogens (tertiary/aromatic N) is 1. The quantitative estimate of drug-likeness (QED) is 0.626. The van der Waals surface area contributed by atoms with Crippen LogP contribution in [0.25, 0.3) is 0 Å². The van der Waals surface area contributed by atoms with Crippen LogP contribution in [0.2, 0.25) is 0 Å². The number of hydrogen-bond acceptors (Lipinski definition) is 1. The van der Waals surface area contributed by atoms with E-state index >= 15 is 0 Å². The van der Waals surface area contributed by atoms with Gasteiger partial charge in [0, 0.05) is 56.4 Å². The zero-order valence-corrected chi connectivity index (χ0v) is 18.1. The van der Waals surface area contributed by atoms with Gasteiger partial charge in [0.15, 0.2) is 12.4 Å². The number of carbonyl (C=O) groups excluding carboxylic acids is 1. The molecule has 1 amide bonds. The summed E-state index contributed by atoms with van der Waals surface area (Å²) in [4.78, 5) is 12.4. The number of rotatable bonds is 5. The molecule has 0 aliphatic rings. The zero-order chi connectivity index (χ0) is 17.6. The first-order valence-electron chi connectivity index (χ1n) is 8.50. The largest absolute Gasteiger partial charge is 0.320 e. The number of amides is 1. The molecule has 0 atom stereocenters. The predicted octanol–water partition coefficient (Wildman–Crippen LogP) is 3.82. The van der Waals surface area contributed by atoms with Gasteiger partial charge in [0.25, 0.3) is 5.91 Å². The van der Waals surface area contributed by atoms with Crippen molar-refractivity contribution in [2.75, 3.05) is 5.32 Å². The van der Waals surface area contributed by atoms with Crippen molar-refractivity contribution < 1.29 is 42.1 Å². The van der Waals surface area contributed by atoms with Crippen LogP contribution < -0.4 is 9.88 Å². The predicted molar refractivity (Wildman–Crippen MR) is 100 cm³/mol. The molecule has 129 valence electrons. The summed E-state index contributed by atoms with van der Waals surface area (Å²) in [5, 5.41) is 3.04. The Morgan fingerprint density at radius 2 is 1.54 bits per heavy atom. The van der Waals surface area contributed by atoms with Crippen LogP contribution in [0.1, 0.15) is 22.3 Å². The number of nitrogens with one attached hydrogen (secondary N) is 1.